The van der Waals surface area contributed by atoms with Crippen molar-refractivity contribution in [3.8, 4) is 0 Å². The molecule has 0 fully saturated rings. The van der Waals surface area contributed by atoms with E-state index in [1.165, 1.54) is 128 Å². The monoisotopic (exact) mass is 671 g/mol. The van der Waals surface area contributed by atoms with Crippen molar-refractivity contribution < 1.29 is 9.53 Å². The molecule has 0 spiro atoms. The molecule has 0 aromatic heterocycles. The Morgan fingerprint density at radius 1 is 0.500 bits per heavy atom. The Bertz CT molecular complexity index is 785. The van der Waals surface area contributed by atoms with Crippen LogP contribution in [0.15, 0.2) is 48.6 Å². The van der Waals surface area contributed by atoms with Gasteiger partial charge in [0.1, 0.15) is 6.10 Å². The van der Waals surface area contributed by atoms with Crippen LogP contribution in [-0.4, -0.2) is 55.7 Å². The average molecular weight is 671 g/mol. The largest absolute Gasteiger partial charge is 0.446 e. The lowest BCUT2D eigenvalue weighted by Gasteiger charge is -2.26. The highest BCUT2D eigenvalue weighted by Gasteiger charge is 2.19. The lowest BCUT2D eigenvalue weighted by atomic mass is 10.0. The van der Waals surface area contributed by atoms with Gasteiger partial charge in [-0.2, -0.15) is 0 Å². The van der Waals surface area contributed by atoms with Crippen LogP contribution in [0, 0.1) is 0 Å². The summed E-state index contributed by atoms with van der Waals surface area (Å²) in [4.78, 5) is 17.0. The van der Waals surface area contributed by atoms with Gasteiger partial charge in [0.25, 0.3) is 0 Å². The van der Waals surface area contributed by atoms with Gasteiger partial charge in [-0.15, -0.1) is 0 Å². The SMILES string of the molecule is CCCCC/C=C\C/C=C\CCCCCCCCCC(CCCCCCC/C=C\C/C=C\CCCCC)OC(=O)N(CC)CCN(C)C. The molecule has 0 saturated carbocycles. The Balaban J connectivity index is 4.22. The molecular formula is C44H82N2O2. The second-order valence-electron chi connectivity index (χ2n) is 14.1. The normalized spacial score (nSPS) is 12.9. The molecule has 0 aliphatic heterocycles. The van der Waals surface area contributed by atoms with Gasteiger partial charge in [-0.1, -0.05) is 140 Å². The van der Waals surface area contributed by atoms with Gasteiger partial charge < -0.3 is 14.5 Å². The fraction of sp³-hybridized carbons (Fsp3) is 0.795. The molecule has 0 bridgehead atoms. The Labute approximate surface area is 300 Å². The number of hydrogen-bond donors (Lipinski definition) is 0. The first-order valence-corrected chi connectivity index (χ1v) is 20.7. The van der Waals surface area contributed by atoms with E-state index in [1.807, 2.05) is 4.90 Å². The summed E-state index contributed by atoms with van der Waals surface area (Å²) in [6, 6.07) is 0. The third-order valence-corrected chi connectivity index (χ3v) is 9.18. The first-order chi connectivity index (χ1) is 23.5. The van der Waals surface area contributed by atoms with E-state index in [-0.39, 0.29) is 12.2 Å². The molecule has 1 amide bonds. The summed E-state index contributed by atoms with van der Waals surface area (Å²) in [6.07, 6.45) is 50.9. The first-order valence-electron chi connectivity index (χ1n) is 20.7. The lowest BCUT2D eigenvalue weighted by Crippen LogP contribution is -2.38. The van der Waals surface area contributed by atoms with Crippen LogP contribution in [0.3, 0.4) is 0 Å². The first kappa shape index (κ1) is 46.2. The number of hydrogen-bond acceptors (Lipinski definition) is 3. The molecule has 1 atom stereocenters. The number of allylic oxidation sites excluding steroid dienone is 8. The van der Waals surface area contributed by atoms with Gasteiger partial charge in [0, 0.05) is 19.6 Å². The summed E-state index contributed by atoms with van der Waals surface area (Å²) in [6.45, 7) is 8.87. The Morgan fingerprint density at radius 2 is 0.875 bits per heavy atom. The van der Waals surface area contributed by atoms with Gasteiger partial charge >= 0.3 is 6.09 Å². The molecule has 4 heteroatoms. The maximum atomic E-state index is 13.0. The molecular weight excluding hydrogens is 588 g/mol. The molecule has 0 heterocycles. The summed E-state index contributed by atoms with van der Waals surface area (Å²) in [7, 11) is 4.11. The van der Waals surface area contributed by atoms with Crippen molar-refractivity contribution in [3.63, 3.8) is 0 Å². The molecule has 1 unspecified atom stereocenters. The van der Waals surface area contributed by atoms with Crippen molar-refractivity contribution in [2.45, 2.75) is 194 Å². The molecule has 0 aliphatic rings. The Hall–Kier alpha value is -1.81. The van der Waals surface area contributed by atoms with Crippen LogP contribution in [0.2, 0.25) is 0 Å². The molecule has 0 rings (SSSR count). The van der Waals surface area contributed by atoms with E-state index in [0.29, 0.717) is 6.54 Å². The number of rotatable bonds is 35. The zero-order chi connectivity index (χ0) is 35.2. The van der Waals surface area contributed by atoms with Gasteiger partial charge in [-0.25, -0.2) is 4.79 Å². The predicted octanol–water partition coefficient (Wildman–Crippen LogP) is 13.8. The second-order valence-corrected chi connectivity index (χ2v) is 14.1. The Kier molecular flexibility index (Phi) is 36.6. The van der Waals surface area contributed by atoms with Crippen molar-refractivity contribution in [1.29, 1.82) is 0 Å². The molecule has 0 saturated heterocycles. The number of nitrogens with zero attached hydrogens (tertiary/aromatic N) is 2. The van der Waals surface area contributed by atoms with E-state index in [4.69, 9.17) is 4.74 Å². The summed E-state index contributed by atoms with van der Waals surface area (Å²) >= 11 is 0. The lowest BCUT2D eigenvalue weighted by molar-refractivity contribution is 0.0524. The van der Waals surface area contributed by atoms with Crippen LogP contribution >= 0.6 is 0 Å². The van der Waals surface area contributed by atoms with Gasteiger partial charge in [0.15, 0.2) is 0 Å². The molecule has 0 aliphatic carbocycles. The Morgan fingerprint density at radius 3 is 1.25 bits per heavy atom. The molecule has 0 N–H and O–H groups in total. The van der Waals surface area contributed by atoms with Crippen LogP contribution in [0.25, 0.3) is 0 Å². The maximum Gasteiger partial charge on any atom is 0.410 e. The van der Waals surface area contributed by atoms with Gasteiger partial charge in [-0.3, -0.25) is 0 Å². The number of ether oxygens (including phenoxy) is 1. The quantitative estimate of drug-likeness (QED) is 0.0497. The zero-order valence-corrected chi connectivity index (χ0v) is 32.9. The highest BCUT2D eigenvalue weighted by atomic mass is 16.6. The molecule has 0 aromatic rings. The van der Waals surface area contributed by atoms with Gasteiger partial charge in [0.05, 0.1) is 0 Å². The van der Waals surface area contributed by atoms with Gasteiger partial charge in [-0.05, 0) is 111 Å². The highest BCUT2D eigenvalue weighted by molar-refractivity contribution is 5.67. The van der Waals surface area contributed by atoms with Crippen molar-refractivity contribution >= 4 is 6.09 Å². The minimum absolute atomic E-state index is 0.0573. The number of carbonyl (C=O) groups is 1. The standard InChI is InChI=1S/C44H82N2O2/c1-6-9-11-13-15-17-19-21-23-24-26-28-30-32-34-36-38-40-43(48-44(47)46(8-3)42-41-45(4)5)39-37-35-33-31-29-27-25-22-20-18-16-14-12-10-7-2/h15-18,21-23,25,43H,6-14,19-20,24,26-42H2,1-5H3/b17-15-,18-16-,23-21-,25-22-. The van der Waals surface area contributed by atoms with E-state index < -0.39 is 0 Å². The van der Waals surface area contributed by atoms with Crippen molar-refractivity contribution in [2.24, 2.45) is 0 Å². The van der Waals surface area contributed by atoms with Crippen molar-refractivity contribution in [1.82, 2.24) is 9.80 Å². The zero-order valence-electron chi connectivity index (χ0n) is 32.9. The summed E-state index contributed by atoms with van der Waals surface area (Å²) in [5, 5.41) is 0. The van der Waals surface area contributed by atoms with Gasteiger partial charge in [0.2, 0.25) is 0 Å². The minimum Gasteiger partial charge on any atom is -0.446 e. The van der Waals surface area contributed by atoms with Crippen LogP contribution < -0.4 is 0 Å². The molecule has 0 aromatic carbocycles. The fourth-order valence-corrected chi connectivity index (χ4v) is 5.90. The van der Waals surface area contributed by atoms with Crippen LogP contribution in [0.4, 0.5) is 4.79 Å². The van der Waals surface area contributed by atoms with Crippen molar-refractivity contribution in [3.05, 3.63) is 48.6 Å². The van der Waals surface area contributed by atoms with E-state index in [9.17, 15) is 4.79 Å². The van der Waals surface area contributed by atoms with Crippen molar-refractivity contribution in [2.75, 3.05) is 33.7 Å². The van der Waals surface area contributed by atoms with E-state index >= 15 is 0 Å². The van der Waals surface area contributed by atoms with E-state index in [1.54, 1.807) is 0 Å². The van der Waals surface area contributed by atoms with Crippen LogP contribution in [0.5, 0.6) is 0 Å². The molecule has 4 nitrogen and oxygen atoms in total. The predicted molar refractivity (Wildman–Crippen MR) is 214 cm³/mol. The van der Waals surface area contributed by atoms with Crippen LogP contribution in [-0.2, 0) is 4.74 Å². The summed E-state index contributed by atoms with van der Waals surface area (Å²) in [5.74, 6) is 0. The van der Waals surface area contributed by atoms with E-state index in [0.717, 1.165) is 51.6 Å². The maximum absolute atomic E-state index is 13.0. The fourth-order valence-electron chi connectivity index (χ4n) is 5.90. The van der Waals surface area contributed by atoms with Crippen LogP contribution in [0.1, 0.15) is 188 Å². The topological polar surface area (TPSA) is 32.8 Å². The smallest absolute Gasteiger partial charge is 0.410 e. The third kappa shape index (κ3) is 34.1. The summed E-state index contributed by atoms with van der Waals surface area (Å²) in [5.41, 5.74) is 0. The molecule has 48 heavy (non-hydrogen) atoms. The molecule has 280 valence electrons. The number of likely N-dealkylation sites (N-methyl/N-ethyl adjacent to an activating group) is 2. The van der Waals surface area contributed by atoms with E-state index in [2.05, 4.69) is 88.4 Å². The number of carbonyl (C=O) groups excluding carboxylic acids is 1. The summed E-state index contributed by atoms with van der Waals surface area (Å²) < 4.78 is 6.13. The number of unbranched alkanes of at least 4 members (excludes halogenated alkanes) is 18. The highest BCUT2D eigenvalue weighted by Crippen LogP contribution is 2.18. The average Bonchev–Trinajstić information content (AvgIpc) is 3.07. The second kappa shape index (κ2) is 38.0. The number of amides is 1. The molecule has 0 radical (unpaired) electrons. The third-order valence-electron chi connectivity index (χ3n) is 9.18. The minimum atomic E-state index is -0.121.